The Balaban J connectivity index is 1.72. The molecule has 0 spiro atoms. The van der Waals surface area contributed by atoms with Gasteiger partial charge in [-0.05, 0) is 38.8 Å². The van der Waals surface area contributed by atoms with E-state index < -0.39 is 0 Å². The first kappa shape index (κ1) is 16.4. The molecule has 0 aromatic carbocycles. The van der Waals surface area contributed by atoms with Gasteiger partial charge in [0.2, 0.25) is 0 Å². The van der Waals surface area contributed by atoms with Gasteiger partial charge in [-0.15, -0.1) is 5.10 Å². The molecule has 5 nitrogen and oxygen atoms in total. The average molecular weight is 293 g/mol. The van der Waals surface area contributed by atoms with Crippen LogP contribution < -0.4 is 5.32 Å². The maximum Gasteiger partial charge on any atom is 0.0964 e. The third kappa shape index (κ3) is 5.40. The van der Waals surface area contributed by atoms with Crippen LogP contribution in [0.4, 0.5) is 0 Å². The molecule has 1 fully saturated rings. The normalized spacial score (nSPS) is 22.9. The van der Waals surface area contributed by atoms with Gasteiger partial charge in [-0.3, -0.25) is 4.68 Å². The molecule has 1 aliphatic carbocycles. The predicted octanol–water partition coefficient (Wildman–Crippen LogP) is 2.29. The Hall–Kier alpha value is -0.940. The number of nitrogens with one attached hydrogen (secondary N) is 1. The van der Waals surface area contributed by atoms with Gasteiger partial charge in [-0.25, -0.2) is 0 Å². The smallest absolute Gasteiger partial charge is 0.0964 e. The molecule has 1 aromatic rings. The minimum atomic E-state index is 0.753. The summed E-state index contributed by atoms with van der Waals surface area (Å²) in [5.74, 6) is 0.883. The molecule has 0 amide bonds. The summed E-state index contributed by atoms with van der Waals surface area (Å²) in [6, 6.07) is 0.753. The molecule has 2 unspecified atom stereocenters. The monoisotopic (exact) mass is 293 g/mol. The van der Waals surface area contributed by atoms with Gasteiger partial charge in [-0.2, -0.15) is 0 Å². The van der Waals surface area contributed by atoms with Gasteiger partial charge in [0, 0.05) is 25.3 Å². The first-order valence-electron chi connectivity index (χ1n) is 8.49. The van der Waals surface area contributed by atoms with Crippen molar-refractivity contribution in [3.8, 4) is 0 Å². The van der Waals surface area contributed by atoms with Gasteiger partial charge in [0.25, 0.3) is 0 Å². The summed E-state index contributed by atoms with van der Waals surface area (Å²) in [5, 5.41) is 11.8. The Bertz CT molecular complexity index is 403. The molecule has 1 heterocycles. The molecular weight excluding hydrogens is 262 g/mol. The summed E-state index contributed by atoms with van der Waals surface area (Å²) >= 11 is 0. The van der Waals surface area contributed by atoms with Gasteiger partial charge >= 0.3 is 0 Å². The highest BCUT2D eigenvalue weighted by atomic mass is 15.4. The van der Waals surface area contributed by atoms with Crippen LogP contribution in [0.3, 0.4) is 0 Å². The van der Waals surface area contributed by atoms with E-state index in [4.69, 9.17) is 0 Å². The molecular formula is C16H31N5. The van der Waals surface area contributed by atoms with E-state index in [0.717, 1.165) is 50.3 Å². The van der Waals surface area contributed by atoms with Crippen molar-refractivity contribution in [1.82, 2.24) is 25.2 Å². The van der Waals surface area contributed by atoms with E-state index >= 15 is 0 Å². The molecule has 21 heavy (non-hydrogen) atoms. The highest BCUT2D eigenvalue weighted by molar-refractivity contribution is 4.91. The molecule has 1 saturated carbocycles. The second kappa shape index (κ2) is 8.49. The first-order valence-corrected chi connectivity index (χ1v) is 8.49. The van der Waals surface area contributed by atoms with E-state index in [0.29, 0.717) is 0 Å². The minimum Gasteiger partial charge on any atom is -0.311 e. The van der Waals surface area contributed by atoms with Crippen molar-refractivity contribution in [2.45, 2.75) is 65.1 Å². The van der Waals surface area contributed by atoms with Crippen LogP contribution in [0, 0.1) is 5.92 Å². The molecule has 1 aliphatic rings. The Labute approximate surface area is 129 Å². The van der Waals surface area contributed by atoms with Gasteiger partial charge in [0.1, 0.15) is 0 Å². The summed E-state index contributed by atoms with van der Waals surface area (Å²) in [7, 11) is 2.25. The third-order valence-corrected chi connectivity index (χ3v) is 4.53. The third-order valence-electron chi connectivity index (χ3n) is 4.53. The van der Waals surface area contributed by atoms with Crippen LogP contribution in [0.25, 0.3) is 0 Å². The van der Waals surface area contributed by atoms with E-state index in [9.17, 15) is 0 Å². The number of hydrogen-bond acceptors (Lipinski definition) is 4. The summed E-state index contributed by atoms with van der Waals surface area (Å²) in [5.41, 5.74) is 1.04. The highest BCUT2D eigenvalue weighted by Crippen LogP contribution is 2.26. The van der Waals surface area contributed by atoms with E-state index in [1.165, 1.54) is 25.7 Å². The molecule has 0 aliphatic heterocycles. The minimum absolute atomic E-state index is 0.753. The molecule has 120 valence electrons. The molecule has 0 saturated heterocycles. The van der Waals surface area contributed by atoms with Crippen molar-refractivity contribution in [2.24, 2.45) is 5.92 Å². The topological polar surface area (TPSA) is 46.0 Å². The van der Waals surface area contributed by atoms with E-state index in [-0.39, 0.29) is 0 Å². The number of likely N-dealkylation sites (N-methyl/N-ethyl adjacent to an activating group) is 1. The zero-order valence-corrected chi connectivity index (χ0v) is 13.9. The SMILES string of the molecule is CCCNCc1cn(CCN(C)C2CCCC(C)C2)nn1. The number of aromatic nitrogens is 3. The fraction of sp³-hybridized carbons (Fsp3) is 0.875. The van der Waals surface area contributed by atoms with Crippen LogP contribution in [0.2, 0.25) is 0 Å². The molecule has 1 N–H and O–H groups in total. The van der Waals surface area contributed by atoms with E-state index in [1.807, 2.05) is 4.68 Å². The van der Waals surface area contributed by atoms with Crippen LogP contribution in [-0.2, 0) is 13.1 Å². The molecule has 1 aromatic heterocycles. The Morgan fingerprint density at radius 1 is 1.43 bits per heavy atom. The largest absolute Gasteiger partial charge is 0.311 e. The summed E-state index contributed by atoms with van der Waals surface area (Å²) < 4.78 is 1.98. The van der Waals surface area contributed by atoms with Crippen molar-refractivity contribution in [3.63, 3.8) is 0 Å². The lowest BCUT2D eigenvalue weighted by molar-refractivity contribution is 0.158. The lowest BCUT2D eigenvalue weighted by Gasteiger charge is -2.34. The van der Waals surface area contributed by atoms with Gasteiger partial charge in [-0.1, -0.05) is 31.9 Å². The molecule has 5 heteroatoms. The lowest BCUT2D eigenvalue weighted by Crippen LogP contribution is -2.37. The Kier molecular flexibility index (Phi) is 6.64. The van der Waals surface area contributed by atoms with Crippen molar-refractivity contribution in [2.75, 3.05) is 20.1 Å². The van der Waals surface area contributed by atoms with Gasteiger partial charge in [0.15, 0.2) is 0 Å². The van der Waals surface area contributed by atoms with Crippen LogP contribution in [0.5, 0.6) is 0 Å². The van der Waals surface area contributed by atoms with Crippen LogP contribution in [0.15, 0.2) is 6.20 Å². The first-order chi connectivity index (χ1) is 10.2. The van der Waals surface area contributed by atoms with Crippen LogP contribution in [0.1, 0.15) is 51.6 Å². The summed E-state index contributed by atoms with van der Waals surface area (Å²) in [6.07, 6.45) is 8.71. The fourth-order valence-electron chi connectivity index (χ4n) is 3.17. The molecule has 2 rings (SSSR count). The molecule has 2 atom stereocenters. The number of rotatable bonds is 8. The fourth-order valence-corrected chi connectivity index (χ4v) is 3.17. The number of hydrogen-bond donors (Lipinski definition) is 1. The summed E-state index contributed by atoms with van der Waals surface area (Å²) in [6.45, 7) is 8.41. The Morgan fingerprint density at radius 3 is 3.05 bits per heavy atom. The maximum atomic E-state index is 4.23. The van der Waals surface area contributed by atoms with Gasteiger partial charge in [0.05, 0.1) is 12.2 Å². The molecule has 0 bridgehead atoms. The van der Waals surface area contributed by atoms with Crippen LogP contribution >= 0.6 is 0 Å². The second-order valence-electron chi connectivity index (χ2n) is 6.56. The van der Waals surface area contributed by atoms with E-state index in [2.05, 4.69) is 47.6 Å². The highest BCUT2D eigenvalue weighted by Gasteiger charge is 2.22. The van der Waals surface area contributed by atoms with Crippen molar-refractivity contribution < 1.29 is 0 Å². The quantitative estimate of drug-likeness (QED) is 0.747. The van der Waals surface area contributed by atoms with Gasteiger partial charge < -0.3 is 10.2 Å². The average Bonchev–Trinajstić information content (AvgIpc) is 2.93. The zero-order valence-electron chi connectivity index (χ0n) is 13.9. The standard InChI is InChI=1S/C16H31N5/c1-4-8-17-12-15-13-21(19-18-15)10-9-20(3)16-7-5-6-14(2)11-16/h13-14,16-17H,4-12H2,1-3H3. The van der Waals surface area contributed by atoms with E-state index in [1.54, 1.807) is 0 Å². The molecule has 0 radical (unpaired) electrons. The zero-order chi connectivity index (χ0) is 15.1. The van der Waals surface area contributed by atoms with Crippen LogP contribution in [-0.4, -0.2) is 46.1 Å². The number of nitrogens with zero attached hydrogens (tertiary/aromatic N) is 4. The van der Waals surface area contributed by atoms with Crippen molar-refractivity contribution in [1.29, 1.82) is 0 Å². The lowest BCUT2D eigenvalue weighted by atomic mass is 9.86. The summed E-state index contributed by atoms with van der Waals surface area (Å²) in [4.78, 5) is 2.51. The Morgan fingerprint density at radius 2 is 2.29 bits per heavy atom. The predicted molar refractivity (Wildman–Crippen MR) is 86.1 cm³/mol. The van der Waals surface area contributed by atoms with Crippen molar-refractivity contribution >= 4 is 0 Å². The maximum absolute atomic E-state index is 4.23. The second-order valence-corrected chi connectivity index (χ2v) is 6.56. The van der Waals surface area contributed by atoms with Crippen molar-refractivity contribution in [3.05, 3.63) is 11.9 Å².